The van der Waals surface area contributed by atoms with Gasteiger partial charge in [-0.25, -0.2) is 9.97 Å². The molecule has 3 nitrogen and oxygen atoms in total. The van der Waals surface area contributed by atoms with Crippen LogP contribution < -0.4 is 5.32 Å². The molecule has 0 aliphatic carbocycles. The Bertz CT molecular complexity index is 572. The van der Waals surface area contributed by atoms with Crippen molar-refractivity contribution in [3.63, 3.8) is 0 Å². The summed E-state index contributed by atoms with van der Waals surface area (Å²) in [5.74, 6) is 1.72. The third kappa shape index (κ3) is 4.03. The fraction of sp³-hybridized carbons (Fsp3) is 0.444. The second kappa shape index (κ2) is 5.47. The molecule has 2 aromatic rings. The molecule has 0 spiro atoms. The number of benzene rings is 1. The van der Waals surface area contributed by atoms with Crippen LogP contribution in [-0.4, -0.2) is 9.97 Å². The first-order valence-electron chi connectivity index (χ1n) is 7.38. The molecule has 0 amide bonds. The molecule has 21 heavy (non-hydrogen) atoms. The normalized spacial score (nSPS) is 12.3. The number of para-hydroxylation sites is 1. The lowest BCUT2D eigenvalue weighted by Crippen LogP contribution is -2.22. The van der Waals surface area contributed by atoms with E-state index in [1.54, 1.807) is 0 Å². The van der Waals surface area contributed by atoms with Gasteiger partial charge in [0.15, 0.2) is 0 Å². The molecule has 1 aromatic carbocycles. The molecule has 0 saturated carbocycles. The second-order valence-electron chi connectivity index (χ2n) is 7.45. The van der Waals surface area contributed by atoms with Crippen LogP contribution in [0.25, 0.3) is 0 Å². The highest BCUT2D eigenvalue weighted by atomic mass is 15.0. The van der Waals surface area contributed by atoms with Crippen LogP contribution in [-0.2, 0) is 10.8 Å². The predicted octanol–water partition coefficient (Wildman–Crippen LogP) is 4.82. The van der Waals surface area contributed by atoms with Crippen LogP contribution >= 0.6 is 0 Å². The molecule has 112 valence electrons. The largest absolute Gasteiger partial charge is 0.340 e. The molecule has 1 N–H and O–H groups in total. The zero-order valence-electron chi connectivity index (χ0n) is 13.9. The Morgan fingerprint density at radius 3 is 1.95 bits per heavy atom. The fourth-order valence-corrected chi connectivity index (χ4v) is 1.90. The van der Waals surface area contributed by atoms with Crippen molar-refractivity contribution in [2.45, 2.75) is 52.4 Å². The van der Waals surface area contributed by atoms with Crippen LogP contribution in [0.5, 0.6) is 0 Å². The van der Waals surface area contributed by atoms with E-state index in [1.165, 1.54) is 0 Å². The quantitative estimate of drug-likeness (QED) is 0.859. The molecule has 0 aliphatic heterocycles. The summed E-state index contributed by atoms with van der Waals surface area (Å²) < 4.78 is 0. The Morgan fingerprint density at radius 1 is 0.810 bits per heavy atom. The first kappa shape index (κ1) is 15.5. The van der Waals surface area contributed by atoms with E-state index in [1.807, 2.05) is 36.4 Å². The highest BCUT2D eigenvalue weighted by Gasteiger charge is 2.23. The van der Waals surface area contributed by atoms with E-state index in [4.69, 9.17) is 9.97 Å². The van der Waals surface area contributed by atoms with E-state index in [9.17, 15) is 0 Å². The van der Waals surface area contributed by atoms with Crippen molar-refractivity contribution >= 4 is 11.5 Å². The van der Waals surface area contributed by atoms with Crippen LogP contribution in [0.1, 0.15) is 53.1 Å². The highest BCUT2D eigenvalue weighted by Crippen LogP contribution is 2.27. The van der Waals surface area contributed by atoms with E-state index in [0.717, 1.165) is 23.0 Å². The Kier molecular flexibility index (Phi) is 4.04. The van der Waals surface area contributed by atoms with Gasteiger partial charge in [-0.05, 0) is 12.1 Å². The van der Waals surface area contributed by atoms with Crippen molar-refractivity contribution in [2.75, 3.05) is 5.32 Å². The summed E-state index contributed by atoms with van der Waals surface area (Å²) in [6.45, 7) is 12.9. The van der Waals surface area contributed by atoms with Gasteiger partial charge in [0.25, 0.3) is 0 Å². The van der Waals surface area contributed by atoms with Crippen molar-refractivity contribution in [1.82, 2.24) is 9.97 Å². The molecule has 3 heteroatoms. The van der Waals surface area contributed by atoms with Gasteiger partial charge in [-0.3, -0.25) is 0 Å². The third-order valence-corrected chi connectivity index (χ3v) is 3.21. The molecule has 2 rings (SSSR count). The Morgan fingerprint density at radius 2 is 1.43 bits per heavy atom. The predicted molar refractivity (Wildman–Crippen MR) is 89.2 cm³/mol. The number of hydrogen-bond acceptors (Lipinski definition) is 3. The van der Waals surface area contributed by atoms with Gasteiger partial charge in [0.1, 0.15) is 11.6 Å². The van der Waals surface area contributed by atoms with Gasteiger partial charge >= 0.3 is 0 Å². The van der Waals surface area contributed by atoms with Gasteiger partial charge < -0.3 is 5.32 Å². The van der Waals surface area contributed by atoms with Crippen molar-refractivity contribution in [2.24, 2.45) is 0 Å². The van der Waals surface area contributed by atoms with E-state index in [0.29, 0.717) is 0 Å². The van der Waals surface area contributed by atoms with Crippen LogP contribution in [0.4, 0.5) is 11.5 Å². The molecule has 0 atom stereocenters. The summed E-state index contributed by atoms with van der Waals surface area (Å²) in [6, 6.07) is 12.2. The molecule has 1 heterocycles. The number of anilines is 2. The topological polar surface area (TPSA) is 37.8 Å². The molecular formula is C18H25N3. The number of aromatic nitrogens is 2. The minimum atomic E-state index is -0.0750. The van der Waals surface area contributed by atoms with Crippen molar-refractivity contribution < 1.29 is 0 Å². The fourth-order valence-electron chi connectivity index (χ4n) is 1.90. The van der Waals surface area contributed by atoms with Crippen molar-refractivity contribution in [3.05, 3.63) is 47.9 Å². The molecule has 1 aromatic heterocycles. The first-order valence-corrected chi connectivity index (χ1v) is 7.38. The maximum absolute atomic E-state index is 4.77. The summed E-state index contributed by atoms with van der Waals surface area (Å²) in [5, 5.41) is 3.38. The molecule has 0 aliphatic rings. The monoisotopic (exact) mass is 283 g/mol. The number of nitrogens with zero attached hydrogens (tertiary/aromatic N) is 2. The number of hydrogen-bond donors (Lipinski definition) is 1. The van der Waals surface area contributed by atoms with Crippen LogP contribution in [0, 0.1) is 0 Å². The average Bonchev–Trinajstić information content (AvgIpc) is 2.37. The van der Waals surface area contributed by atoms with Gasteiger partial charge in [-0.2, -0.15) is 0 Å². The molecule has 0 radical (unpaired) electrons. The molecule has 0 unspecified atom stereocenters. The average molecular weight is 283 g/mol. The minimum absolute atomic E-state index is 0.00391. The zero-order chi connectivity index (χ0) is 15.7. The maximum atomic E-state index is 4.77. The maximum Gasteiger partial charge on any atom is 0.136 e. The lowest BCUT2D eigenvalue weighted by Gasteiger charge is -2.24. The molecule has 0 fully saturated rings. The van der Waals surface area contributed by atoms with E-state index >= 15 is 0 Å². The first-order chi connectivity index (χ1) is 9.66. The van der Waals surface area contributed by atoms with Crippen LogP contribution in [0.3, 0.4) is 0 Å². The van der Waals surface area contributed by atoms with Crippen molar-refractivity contribution in [3.8, 4) is 0 Å². The van der Waals surface area contributed by atoms with Gasteiger partial charge in [-0.15, -0.1) is 0 Å². The van der Waals surface area contributed by atoms with E-state index < -0.39 is 0 Å². The standard InChI is InChI=1S/C18H25N3/c1-17(2,3)14-12-15(19-13-10-8-7-9-11-13)21-16(20-14)18(4,5)6/h7-12H,1-6H3,(H,19,20,21). The van der Waals surface area contributed by atoms with Gasteiger partial charge in [0.2, 0.25) is 0 Å². The molecular weight excluding hydrogens is 258 g/mol. The minimum Gasteiger partial charge on any atom is -0.340 e. The smallest absolute Gasteiger partial charge is 0.136 e. The second-order valence-corrected chi connectivity index (χ2v) is 7.45. The van der Waals surface area contributed by atoms with Gasteiger partial charge in [-0.1, -0.05) is 59.7 Å². The lowest BCUT2D eigenvalue weighted by molar-refractivity contribution is 0.514. The summed E-state index contributed by atoms with van der Waals surface area (Å²) in [4.78, 5) is 9.46. The summed E-state index contributed by atoms with van der Waals surface area (Å²) in [6.07, 6.45) is 0. The van der Waals surface area contributed by atoms with Crippen LogP contribution in [0.15, 0.2) is 36.4 Å². The Labute approximate surface area is 127 Å². The number of nitrogens with one attached hydrogen (secondary N) is 1. The Hall–Kier alpha value is -1.90. The van der Waals surface area contributed by atoms with Crippen molar-refractivity contribution in [1.29, 1.82) is 0 Å². The van der Waals surface area contributed by atoms with E-state index in [-0.39, 0.29) is 10.8 Å². The summed E-state index contributed by atoms with van der Waals surface area (Å²) in [7, 11) is 0. The Balaban J connectivity index is 2.45. The summed E-state index contributed by atoms with van der Waals surface area (Å²) in [5.41, 5.74) is 2.02. The lowest BCUT2D eigenvalue weighted by atomic mass is 9.90. The molecule has 0 saturated heterocycles. The SMILES string of the molecule is CC(C)(C)c1cc(Nc2ccccc2)nc(C(C)(C)C)n1. The number of rotatable bonds is 2. The van der Waals surface area contributed by atoms with Gasteiger partial charge in [0, 0.05) is 22.6 Å². The third-order valence-electron chi connectivity index (χ3n) is 3.21. The van der Waals surface area contributed by atoms with Gasteiger partial charge in [0.05, 0.1) is 5.69 Å². The highest BCUT2D eigenvalue weighted by molar-refractivity contribution is 5.56. The molecule has 0 bridgehead atoms. The summed E-state index contributed by atoms with van der Waals surface area (Å²) >= 11 is 0. The van der Waals surface area contributed by atoms with E-state index in [2.05, 4.69) is 46.9 Å². The zero-order valence-corrected chi connectivity index (χ0v) is 13.9. The van der Waals surface area contributed by atoms with Crippen LogP contribution in [0.2, 0.25) is 0 Å².